The van der Waals surface area contributed by atoms with Gasteiger partial charge in [0.15, 0.2) is 8.32 Å². The summed E-state index contributed by atoms with van der Waals surface area (Å²) in [6.07, 6.45) is 7.78. The largest absolute Gasteiger partial charge is 0.417 e. The Kier molecular flexibility index (Phi) is 11.7. The molecular formula is C29H45O3Si3. The standard InChI is InChI=1S/C16H18OSi.C7H13OSi.C6H14OSi/c1-3-9-15(10-4-1)18(14-8-7-13-17-18)16-11-5-2-6-12-16;1-7(2)9-6-4-3-5-8-9;1-8(2)6-4-3-5-7-8/h1-6,9-12H,7-8,13-14H2;1,3-6H2,2H3;3-6H2,1-2H3. The Balaban J connectivity index is 0.000000168. The summed E-state index contributed by atoms with van der Waals surface area (Å²) in [5, 5.41) is 4.10. The molecule has 2 aromatic rings. The lowest BCUT2D eigenvalue weighted by Gasteiger charge is -2.35. The molecule has 1 radical (unpaired) electrons. The average molecular weight is 526 g/mol. The van der Waals surface area contributed by atoms with Gasteiger partial charge in [0, 0.05) is 19.8 Å². The van der Waals surface area contributed by atoms with Crippen molar-refractivity contribution < 1.29 is 13.3 Å². The minimum atomic E-state index is -1.93. The summed E-state index contributed by atoms with van der Waals surface area (Å²) in [5.74, 6) is 0. The van der Waals surface area contributed by atoms with Gasteiger partial charge in [-0.15, -0.1) is 6.58 Å². The SMILES string of the molecule is C=C(C)[Si]1CCCCO1.C[Si]1(C)CCCCO1.c1ccc([Si]2(c3ccccc3)CCCCO2)cc1. The molecule has 0 unspecified atom stereocenters. The van der Waals surface area contributed by atoms with E-state index in [-0.39, 0.29) is 0 Å². The van der Waals surface area contributed by atoms with Crippen LogP contribution in [0.15, 0.2) is 72.4 Å². The fourth-order valence-corrected chi connectivity index (χ4v) is 12.7. The van der Waals surface area contributed by atoms with Crippen molar-refractivity contribution in [3.8, 4) is 0 Å². The first-order chi connectivity index (χ1) is 16.9. The van der Waals surface area contributed by atoms with Crippen molar-refractivity contribution in [1.82, 2.24) is 0 Å². The highest BCUT2D eigenvalue weighted by Gasteiger charge is 2.40. The van der Waals surface area contributed by atoms with Gasteiger partial charge in [-0.05, 0) is 67.8 Å². The van der Waals surface area contributed by atoms with Gasteiger partial charge < -0.3 is 13.3 Å². The van der Waals surface area contributed by atoms with Crippen LogP contribution in [-0.2, 0) is 13.3 Å². The Morgan fingerprint density at radius 1 is 0.714 bits per heavy atom. The Bertz CT molecular complexity index is 812. The number of benzene rings is 2. The highest BCUT2D eigenvalue weighted by Crippen LogP contribution is 2.22. The molecule has 0 atom stereocenters. The number of hydrogen-bond donors (Lipinski definition) is 0. The maximum atomic E-state index is 6.38. The van der Waals surface area contributed by atoms with Gasteiger partial charge in [0.2, 0.25) is 9.04 Å². The van der Waals surface area contributed by atoms with E-state index >= 15 is 0 Å². The lowest BCUT2D eigenvalue weighted by atomic mass is 10.3. The van der Waals surface area contributed by atoms with E-state index in [2.05, 4.69) is 87.3 Å². The van der Waals surface area contributed by atoms with Crippen LogP contribution in [0.3, 0.4) is 0 Å². The molecule has 3 nitrogen and oxygen atoms in total. The fraction of sp³-hybridized carbons (Fsp3) is 0.517. The zero-order valence-electron chi connectivity index (χ0n) is 22.2. The van der Waals surface area contributed by atoms with Crippen molar-refractivity contribution in [2.24, 2.45) is 0 Å². The van der Waals surface area contributed by atoms with E-state index in [9.17, 15) is 0 Å². The van der Waals surface area contributed by atoms with E-state index in [1.165, 1.54) is 72.2 Å². The second-order valence-electron chi connectivity index (χ2n) is 10.4. The van der Waals surface area contributed by atoms with E-state index < -0.39 is 25.7 Å². The van der Waals surface area contributed by atoms with Crippen LogP contribution in [0.1, 0.15) is 45.4 Å². The normalized spacial score (nSPS) is 21.5. The van der Waals surface area contributed by atoms with E-state index in [0.717, 1.165) is 19.8 Å². The maximum absolute atomic E-state index is 6.38. The molecule has 0 aromatic heterocycles. The topological polar surface area (TPSA) is 27.7 Å². The van der Waals surface area contributed by atoms with Crippen LogP contribution in [0.25, 0.3) is 0 Å². The third-order valence-electron chi connectivity index (χ3n) is 6.97. The summed E-state index contributed by atoms with van der Waals surface area (Å²) in [6, 6.07) is 25.5. The minimum Gasteiger partial charge on any atom is -0.417 e. The van der Waals surface area contributed by atoms with E-state index in [4.69, 9.17) is 13.3 Å². The summed E-state index contributed by atoms with van der Waals surface area (Å²) in [6.45, 7) is 13.5. The molecular weight excluding hydrogens is 481 g/mol. The zero-order chi connectivity index (χ0) is 25.0. The zero-order valence-corrected chi connectivity index (χ0v) is 25.2. The van der Waals surface area contributed by atoms with Crippen molar-refractivity contribution in [3.05, 3.63) is 72.4 Å². The van der Waals surface area contributed by atoms with Crippen molar-refractivity contribution in [2.45, 2.75) is 76.7 Å². The molecule has 3 heterocycles. The average Bonchev–Trinajstić information content (AvgIpc) is 2.91. The summed E-state index contributed by atoms with van der Waals surface area (Å²) in [7, 11) is -3.58. The van der Waals surface area contributed by atoms with Crippen LogP contribution in [0.2, 0.25) is 31.2 Å². The summed E-state index contributed by atoms with van der Waals surface area (Å²) < 4.78 is 17.5. The van der Waals surface area contributed by atoms with Gasteiger partial charge in [0.05, 0.1) is 0 Å². The highest BCUT2D eigenvalue weighted by molar-refractivity contribution is 6.97. The molecule has 3 aliphatic rings. The second kappa shape index (κ2) is 14.5. The molecule has 2 aromatic carbocycles. The van der Waals surface area contributed by atoms with Gasteiger partial charge in [-0.2, -0.15) is 0 Å². The monoisotopic (exact) mass is 525 g/mol. The third-order valence-corrected chi connectivity index (χ3v) is 16.1. The lowest BCUT2D eigenvalue weighted by Crippen LogP contribution is -2.62. The van der Waals surface area contributed by atoms with Crippen LogP contribution in [0.5, 0.6) is 0 Å². The molecule has 5 rings (SSSR count). The van der Waals surface area contributed by atoms with Crippen LogP contribution >= 0.6 is 0 Å². The molecule has 0 spiro atoms. The van der Waals surface area contributed by atoms with Crippen molar-refractivity contribution in [1.29, 1.82) is 0 Å². The molecule has 3 aliphatic heterocycles. The van der Waals surface area contributed by atoms with Gasteiger partial charge in [0.1, 0.15) is 0 Å². The van der Waals surface area contributed by atoms with Crippen molar-refractivity contribution in [2.75, 3.05) is 19.8 Å². The molecule has 35 heavy (non-hydrogen) atoms. The smallest absolute Gasteiger partial charge is 0.255 e. The number of rotatable bonds is 3. The third kappa shape index (κ3) is 8.95. The highest BCUT2D eigenvalue weighted by atomic mass is 28.4. The van der Waals surface area contributed by atoms with Gasteiger partial charge in [-0.25, -0.2) is 0 Å². The Morgan fingerprint density at radius 2 is 1.26 bits per heavy atom. The van der Waals surface area contributed by atoms with Gasteiger partial charge in [0.25, 0.3) is 8.32 Å². The van der Waals surface area contributed by atoms with E-state index in [1.54, 1.807) is 0 Å². The van der Waals surface area contributed by atoms with Gasteiger partial charge in [-0.1, -0.05) is 85.1 Å². The first-order valence-electron chi connectivity index (χ1n) is 13.5. The first kappa shape index (κ1) is 28.3. The maximum Gasteiger partial charge on any atom is 0.255 e. The Labute approximate surface area is 217 Å². The molecule has 3 saturated heterocycles. The molecule has 0 saturated carbocycles. The molecule has 0 amide bonds. The Hall–Kier alpha value is -1.29. The molecule has 0 aliphatic carbocycles. The molecule has 3 fully saturated rings. The summed E-state index contributed by atoms with van der Waals surface area (Å²) >= 11 is 0. The molecule has 6 heteroatoms. The van der Waals surface area contributed by atoms with Crippen molar-refractivity contribution >= 4 is 36.0 Å². The van der Waals surface area contributed by atoms with Crippen LogP contribution in [0.4, 0.5) is 0 Å². The number of allylic oxidation sites excluding steroid dienone is 1. The van der Waals surface area contributed by atoms with Crippen LogP contribution in [-0.4, -0.2) is 45.5 Å². The fourth-order valence-electron chi connectivity index (χ4n) is 4.90. The van der Waals surface area contributed by atoms with Crippen LogP contribution in [0, 0.1) is 0 Å². The molecule has 0 N–H and O–H groups in total. The van der Waals surface area contributed by atoms with Gasteiger partial charge in [-0.3, -0.25) is 0 Å². The predicted molar refractivity (Wildman–Crippen MR) is 156 cm³/mol. The lowest BCUT2D eigenvalue weighted by molar-refractivity contribution is 0.275. The number of hydrogen-bond acceptors (Lipinski definition) is 3. The predicted octanol–water partition coefficient (Wildman–Crippen LogP) is 6.46. The van der Waals surface area contributed by atoms with Gasteiger partial charge >= 0.3 is 0 Å². The van der Waals surface area contributed by atoms with Crippen LogP contribution < -0.4 is 10.4 Å². The minimum absolute atomic E-state index is 0.560. The molecule has 0 bridgehead atoms. The van der Waals surface area contributed by atoms with E-state index in [1.807, 2.05) is 0 Å². The second-order valence-corrected chi connectivity index (χ2v) is 20.8. The molecule has 191 valence electrons. The summed E-state index contributed by atoms with van der Waals surface area (Å²) in [5.41, 5.74) is 0. The van der Waals surface area contributed by atoms with E-state index in [0.29, 0.717) is 0 Å². The Morgan fingerprint density at radius 3 is 1.60 bits per heavy atom. The quantitative estimate of drug-likeness (QED) is 0.430. The van der Waals surface area contributed by atoms with Crippen molar-refractivity contribution in [3.63, 3.8) is 0 Å². The summed E-state index contributed by atoms with van der Waals surface area (Å²) in [4.78, 5) is 0. The first-order valence-corrected chi connectivity index (χ1v) is 20.3.